The third kappa shape index (κ3) is 9.84. The Morgan fingerprint density at radius 1 is 1.04 bits per heavy atom. The number of hydrogen-bond acceptors (Lipinski definition) is 11. The first-order chi connectivity index (χ1) is 23.9. The largest absolute Gasteiger partial charge is 0.465 e. The van der Waals surface area contributed by atoms with Crippen molar-refractivity contribution in [3.8, 4) is 11.8 Å². The molecule has 50 heavy (non-hydrogen) atoms. The van der Waals surface area contributed by atoms with Crippen molar-refractivity contribution in [2.45, 2.75) is 69.9 Å². The van der Waals surface area contributed by atoms with Crippen LogP contribution in [0.2, 0.25) is 5.04 Å². The molecular weight excluding hydrogens is 679 g/mol. The van der Waals surface area contributed by atoms with Crippen LogP contribution in [0.1, 0.15) is 52.8 Å². The number of aromatic nitrogens is 2. The van der Waals surface area contributed by atoms with Crippen molar-refractivity contribution in [1.29, 1.82) is 0 Å². The highest BCUT2D eigenvalue weighted by atomic mass is 32.2. The molecule has 3 N–H and O–H groups in total. The number of nitrogens with two attached hydrogens (primary N) is 1. The standard InChI is InChI=1S/C36H45N3O9SSi/c1-25(40)44-19-20-49-33(24-45-26(2)41)48-30-21-32(39-22-27(13-12-18-37)34(42)38-35(39)43)47-31(30)23-46-50(36(3,4)5,28-14-8-6-9-15-28)29-16-10-7-11-17-29/h6-11,14-17,22,30-33H,18-21,23-24,37H2,1-5H3,(H,38,42,43)/t30-,31-,32-,33?/m1/s1. The molecule has 0 bridgehead atoms. The van der Waals surface area contributed by atoms with Crippen LogP contribution >= 0.6 is 11.8 Å². The Morgan fingerprint density at radius 3 is 2.22 bits per heavy atom. The summed E-state index contributed by atoms with van der Waals surface area (Å²) in [5.41, 5.74) is 3.63. The summed E-state index contributed by atoms with van der Waals surface area (Å²) in [6, 6.07) is 20.3. The van der Waals surface area contributed by atoms with Crippen molar-refractivity contribution >= 4 is 42.4 Å². The quantitative estimate of drug-likeness (QED) is 0.0826. The first-order valence-corrected chi connectivity index (χ1v) is 19.3. The number of aromatic amines is 1. The fraction of sp³-hybridized carbons (Fsp3) is 0.444. The molecular formula is C36H45N3O9SSi. The van der Waals surface area contributed by atoms with Gasteiger partial charge in [-0.15, -0.1) is 11.8 Å². The second-order valence-electron chi connectivity index (χ2n) is 12.7. The summed E-state index contributed by atoms with van der Waals surface area (Å²) in [5, 5.41) is 1.85. The van der Waals surface area contributed by atoms with Crippen LogP contribution in [-0.4, -0.2) is 79.6 Å². The molecule has 1 unspecified atom stereocenters. The molecule has 1 saturated heterocycles. The van der Waals surface area contributed by atoms with Crippen molar-refractivity contribution in [3.63, 3.8) is 0 Å². The molecule has 14 heteroatoms. The van der Waals surface area contributed by atoms with Crippen molar-refractivity contribution in [3.05, 3.63) is 93.3 Å². The highest BCUT2D eigenvalue weighted by molar-refractivity contribution is 7.99. The number of H-pyrrole nitrogens is 1. The van der Waals surface area contributed by atoms with E-state index < -0.39 is 55.4 Å². The monoisotopic (exact) mass is 723 g/mol. The molecule has 12 nitrogen and oxygen atoms in total. The van der Waals surface area contributed by atoms with E-state index in [0.717, 1.165) is 10.4 Å². The number of carbonyl (C=O) groups is 2. The highest BCUT2D eigenvalue weighted by Gasteiger charge is 2.51. The van der Waals surface area contributed by atoms with Gasteiger partial charge in [0.05, 0.1) is 19.3 Å². The summed E-state index contributed by atoms with van der Waals surface area (Å²) >= 11 is 1.32. The Balaban J connectivity index is 1.72. The molecule has 1 aliphatic heterocycles. The normalized spacial score (nSPS) is 18.2. The predicted octanol–water partition coefficient (Wildman–Crippen LogP) is 2.28. The van der Waals surface area contributed by atoms with E-state index in [4.69, 9.17) is 29.1 Å². The zero-order valence-corrected chi connectivity index (χ0v) is 30.8. The van der Waals surface area contributed by atoms with E-state index in [1.165, 1.54) is 36.4 Å². The number of esters is 2. The summed E-state index contributed by atoms with van der Waals surface area (Å²) in [7, 11) is -3.00. The molecule has 0 amide bonds. The lowest BCUT2D eigenvalue weighted by molar-refractivity contribution is -0.145. The van der Waals surface area contributed by atoms with Crippen molar-refractivity contribution in [2.75, 3.05) is 32.1 Å². The fourth-order valence-electron chi connectivity index (χ4n) is 5.94. The molecule has 0 spiro atoms. The number of ether oxygens (including phenoxy) is 4. The molecule has 0 aliphatic carbocycles. The fourth-order valence-corrected chi connectivity index (χ4v) is 11.3. The van der Waals surface area contributed by atoms with Crippen molar-refractivity contribution < 1.29 is 33.0 Å². The molecule has 0 saturated carbocycles. The zero-order valence-electron chi connectivity index (χ0n) is 29.0. The van der Waals surface area contributed by atoms with Gasteiger partial charge in [0.2, 0.25) is 0 Å². The second kappa shape index (κ2) is 17.8. The van der Waals surface area contributed by atoms with E-state index in [-0.39, 0.29) is 43.4 Å². The summed E-state index contributed by atoms with van der Waals surface area (Å²) < 4.78 is 32.0. The Morgan fingerprint density at radius 2 is 1.66 bits per heavy atom. The lowest BCUT2D eigenvalue weighted by Gasteiger charge is -2.43. The maximum Gasteiger partial charge on any atom is 0.330 e. The molecule has 2 aromatic carbocycles. The van der Waals surface area contributed by atoms with Gasteiger partial charge in [0, 0.05) is 32.2 Å². The number of nitrogens with zero attached hydrogens (tertiary/aromatic N) is 1. The van der Waals surface area contributed by atoms with Gasteiger partial charge in [0.15, 0.2) is 0 Å². The Kier molecular flexibility index (Phi) is 13.8. The summed E-state index contributed by atoms with van der Waals surface area (Å²) in [4.78, 5) is 51.0. The Bertz CT molecular complexity index is 1730. The van der Waals surface area contributed by atoms with Crippen LogP contribution in [0.3, 0.4) is 0 Å². The second-order valence-corrected chi connectivity index (χ2v) is 18.2. The molecule has 268 valence electrons. The van der Waals surface area contributed by atoms with Crippen molar-refractivity contribution in [1.82, 2.24) is 9.55 Å². The highest BCUT2D eigenvalue weighted by Crippen LogP contribution is 2.39. The molecule has 4 atom stereocenters. The maximum absolute atomic E-state index is 13.1. The Hall–Kier alpha value is -3.97. The van der Waals surface area contributed by atoms with Gasteiger partial charge >= 0.3 is 17.6 Å². The topological polar surface area (TPSA) is 161 Å². The van der Waals surface area contributed by atoms with Gasteiger partial charge in [-0.1, -0.05) is 93.3 Å². The number of carbonyl (C=O) groups excluding carboxylic acids is 2. The van der Waals surface area contributed by atoms with E-state index in [2.05, 4.69) is 61.9 Å². The average molecular weight is 724 g/mol. The number of thioether (sulfide) groups is 1. The molecule has 1 aromatic heterocycles. The average Bonchev–Trinajstić information content (AvgIpc) is 3.47. The van der Waals surface area contributed by atoms with Crippen LogP contribution in [0.25, 0.3) is 0 Å². The molecule has 0 radical (unpaired) electrons. The van der Waals surface area contributed by atoms with Gasteiger partial charge < -0.3 is 29.1 Å². The van der Waals surface area contributed by atoms with Crippen LogP contribution in [-0.2, 0) is 33.0 Å². The molecule has 1 aliphatic rings. The molecule has 4 rings (SSSR count). The minimum absolute atomic E-state index is 0.0366. The van der Waals surface area contributed by atoms with E-state index in [1.54, 1.807) is 0 Å². The number of nitrogens with one attached hydrogen (secondary N) is 1. The smallest absolute Gasteiger partial charge is 0.330 e. The number of benzene rings is 2. The van der Waals surface area contributed by atoms with E-state index in [9.17, 15) is 19.2 Å². The Labute approximate surface area is 297 Å². The van der Waals surface area contributed by atoms with Gasteiger partial charge in [-0.05, 0) is 15.4 Å². The molecule has 3 aromatic rings. The van der Waals surface area contributed by atoms with Crippen LogP contribution in [0.5, 0.6) is 0 Å². The first-order valence-electron chi connectivity index (χ1n) is 16.3. The minimum atomic E-state index is -3.00. The van der Waals surface area contributed by atoms with Gasteiger partial charge in [-0.3, -0.25) is 23.9 Å². The predicted molar refractivity (Wildman–Crippen MR) is 194 cm³/mol. The van der Waals surface area contributed by atoms with Crippen LogP contribution < -0.4 is 27.4 Å². The zero-order chi connectivity index (χ0) is 36.3. The van der Waals surface area contributed by atoms with E-state index in [1.807, 2.05) is 36.4 Å². The molecule has 1 fully saturated rings. The maximum atomic E-state index is 13.1. The third-order valence-electron chi connectivity index (χ3n) is 8.11. The van der Waals surface area contributed by atoms with Crippen molar-refractivity contribution in [2.24, 2.45) is 5.73 Å². The summed E-state index contributed by atoms with van der Waals surface area (Å²) in [6.45, 7) is 9.36. The van der Waals surface area contributed by atoms with Gasteiger partial charge in [-0.25, -0.2) is 4.79 Å². The summed E-state index contributed by atoms with van der Waals surface area (Å²) in [6.07, 6.45) is -0.617. The van der Waals surface area contributed by atoms with Crippen LogP contribution in [0, 0.1) is 11.8 Å². The lowest BCUT2D eigenvalue weighted by atomic mass is 10.2. The lowest BCUT2D eigenvalue weighted by Crippen LogP contribution is -2.67. The SMILES string of the molecule is CC(=O)OCCSC(COC(C)=O)O[C@@H]1C[C@H](n2cc(C#CCN)c(=O)[nH]c2=O)O[C@@H]1CO[Si](c1ccccc1)(c1ccccc1)C(C)(C)C. The third-order valence-corrected chi connectivity index (χ3v) is 14.1. The van der Waals surface area contributed by atoms with Gasteiger partial charge in [0.25, 0.3) is 13.9 Å². The summed E-state index contributed by atoms with van der Waals surface area (Å²) in [5.74, 6) is 4.86. The minimum Gasteiger partial charge on any atom is -0.465 e. The van der Waals surface area contributed by atoms with Crippen LogP contribution in [0.4, 0.5) is 0 Å². The van der Waals surface area contributed by atoms with Gasteiger partial charge in [-0.2, -0.15) is 0 Å². The number of hydrogen-bond donors (Lipinski definition) is 2. The number of rotatable bonds is 14. The molecule has 2 heterocycles. The first kappa shape index (κ1) is 38.8. The van der Waals surface area contributed by atoms with E-state index in [0.29, 0.717) is 5.75 Å². The van der Waals surface area contributed by atoms with Crippen LogP contribution in [0.15, 0.2) is 76.4 Å². The van der Waals surface area contributed by atoms with Gasteiger partial charge in [0.1, 0.15) is 36.5 Å². The van der Waals surface area contributed by atoms with E-state index >= 15 is 0 Å².